The predicted octanol–water partition coefficient (Wildman–Crippen LogP) is 1.69. The van der Waals surface area contributed by atoms with Gasteiger partial charge in [-0.2, -0.15) is 4.98 Å². The number of anilines is 1. The molecule has 1 saturated heterocycles. The molecule has 0 aliphatic carbocycles. The average Bonchev–Trinajstić information content (AvgIpc) is 2.87. The molecule has 1 aromatic heterocycles. The lowest BCUT2D eigenvalue weighted by Gasteiger charge is -2.21. The van der Waals surface area contributed by atoms with Crippen molar-refractivity contribution in [3.8, 4) is 0 Å². The van der Waals surface area contributed by atoms with E-state index in [2.05, 4.69) is 10.3 Å². The Morgan fingerprint density at radius 3 is 3.06 bits per heavy atom. The summed E-state index contributed by atoms with van der Waals surface area (Å²) in [5.74, 6) is 0.108. The first-order chi connectivity index (χ1) is 8.79. The van der Waals surface area contributed by atoms with Crippen molar-refractivity contribution in [2.75, 3.05) is 31.7 Å². The summed E-state index contributed by atoms with van der Waals surface area (Å²) in [6.45, 7) is 4.49. The first-order valence-electron chi connectivity index (χ1n) is 6.24. The lowest BCUT2D eigenvalue weighted by molar-refractivity contribution is 0.0519. The molecule has 1 fully saturated rings. The molecular formula is C12H18N2O4. The second-order valence-electron chi connectivity index (χ2n) is 4.20. The van der Waals surface area contributed by atoms with Crippen molar-refractivity contribution >= 4 is 12.0 Å². The van der Waals surface area contributed by atoms with E-state index >= 15 is 0 Å². The van der Waals surface area contributed by atoms with Gasteiger partial charge in [0.15, 0.2) is 5.69 Å². The van der Waals surface area contributed by atoms with Crippen LogP contribution in [0.15, 0.2) is 10.7 Å². The van der Waals surface area contributed by atoms with Gasteiger partial charge in [0.05, 0.1) is 6.61 Å². The fourth-order valence-corrected chi connectivity index (χ4v) is 1.84. The number of carbonyl (C=O) groups excluding carboxylic acids is 1. The third-order valence-electron chi connectivity index (χ3n) is 2.87. The lowest BCUT2D eigenvalue weighted by atomic mass is 10.0. The Bertz CT molecular complexity index is 385. The van der Waals surface area contributed by atoms with E-state index in [9.17, 15) is 4.79 Å². The van der Waals surface area contributed by atoms with E-state index in [0.717, 1.165) is 32.6 Å². The summed E-state index contributed by atoms with van der Waals surface area (Å²) in [6, 6.07) is 0.365. The van der Waals surface area contributed by atoms with Gasteiger partial charge in [0.1, 0.15) is 6.26 Å². The number of carbonyl (C=O) groups is 1. The van der Waals surface area contributed by atoms with Gasteiger partial charge < -0.3 is 19.2 Å². The van der Waals surface area contributed by atoms with Crippen molar-refractivity contribution < 1.29 is 18.7 Å². The molecule has 2 heterocycles. The van der Waals surface area contributed by atoms with Crippen molar-refractivity contribution in [1.82, 2.24) is 4.98 Å². The van der Waals surface area contributed by atoms with Crippen LogP contribution in [0.4, 0.5) is 6.01 Å². The van der Waals surface area contributed by atoms with Crippen LogP contribution < -0.4 is 5.32 Å². The van der Waals surface area contributed by atoms with E-state index in [1.54, 1.807) is 6.92 Å². The summed E-state index contributed by atoms with van der Waals surface area (Å²) in [6.07, 6.45) is 3.39. The van der Waals surface area contributed by atoms with E-state index < -0.39 is 5.97 Å². The molecule has 1 aliphatic rings. The number of hydrogen-bond acceptors (Lipinski definition) is 6. The number of ether oxygens (including phenoxy) is 2. The van der Waals surface area contributed by atoms with Gasteiger partial charge in [-0.15, -0.1) is 0 Å². The van der Waals surface area contributed by atoms with Crippen LogP contribution in [-0.4, -0.2) is 37.3 Å². The van der Waals surface area contributed by atoms with Crippen LogP contribution in [0.25, 0.3) is 0 Å². The van der Waals surface area contributed by atoms with Gasteiger partial charge in [-0.05, 0) is 25.7 Å². The van der Waals surface area contributed by atoms with Crippen molar-refractivity contribution in [2.24, 2.45) is 5.92 Å². The highest BCUT2D eigenvalue weighted by Crippen LogP contribution is 2.16. The van der Waals surface area contributed by atoms with Crippen LogP contribution in [0.5, 0.6) is 0 Å². The fourth-order valence-electron chi connectivity index (χ4n) is 1.84. The molecule has 0 amide bonds. The first-order valence-corrected chi connectivity index (χ1v) is 6.24. The highest BCUT2D eigenvalue weighted by Gasteiger charge is 2.16. The summed E-state index contributed by atoms with van der Waals surface area (Å²) >= 11 is 0. The van der Waals surface area contributed by atoms with Crippen molar-refractivity contribution in [3.05, 3.63) is 12.0 Å². The van der Waals surface area contributed by atoms with Crippen LogP contribution in [0, 0.1) is 5.92 Å². The number of esters is 1. The Morgan fingerprint density at radius 1 is 1.56 bits per heavy atom. The molecule has 0 bridgehead atoms. The van der Waals surface area contributed by atoms with E-state index in [1.807, 2.05) is 0 Å². The maximum atomic E-state index is 11.4. The lowest BCUT2D eigenvalue weighted by Crippen LogP contribution is -2.22. The van der Waals surface area contributed by atoms with Crippen molar-refractivity contribution in [1.29, 1.82) is 0 Å². The molecule has 0 radical (unpaired) electrons. The van der Waals surface area contributed by atoms with Gasteiger partial charge >= 0.3 is 5.97 Å². The zero-order valence-electron chi connectivity index (χ0n) is 10.5. The zero-order chi connectivity index (χ0) is 12.8. The normalized spacial score (nSPS) is 16.5. The molecule has 0 unspecified atom stereocenters. The van der Waals surface area contributed by atoms with Crippen molar-refractivity contribution in [2.45, 2.75) is 19.8 Å². The number of nitrogens with one attached hydrogen (secondary N) is 1. The van der Waals surface area contributed by atoms with Gasteiger partial charge in [-0.25, -0.2) is 4.79 Å². The van der Waals surface area contributed by atoms with E-state index in [4.69, 9.17) is 13.9 Å². The van der Waals surface area contributed by atoms with Gasteiger partial charge in [-0.3, -0.25) is 0 Å². The molecule has 1 aromatic rings. The molecule has 1 aliphatic heterocycles. The van der Waals surface area contributed by atoms with Crippen LogP contribution in [0.2, 0.25) is 0 Å². The molecule has 6 nitrogen and oxygen atoms in total. The van der Waals surface area contributed by atoms with E-state index in [0.29, 0.717) is 18.5 Å². The molecule has 6 heteroatoms. The number of oxazole rings is 1. The maximum absolute atomic E-state index is 11.4. The van der Waals surface area contributed by atoms with Gasteiger partial charge in [0, 0.05) is 19.8 Å². The minimum Gasteiger partial charge on any atom is -0.461 e. The fraction of sp³-hybridized carbons (Fsp3) is 0.667. The minimum absolute atomic E-state index is 0.200. The van der Waals surface area contributed by atoms with Crippen LogP contribution in [0.3, 0.4) is 0 Å². The Balaban J connectivity index is 1.80. The molecule has 2 rings (SSSR count). The average molecular weight is 254 g/mol. The quantitative estimate of drug-likeness (QED) is 0.806. The Hall–Kier alpha value is -1.56. The summed E-state index contributed by atoms with van der Waals surface area (Å²) in [4.78, 5) is 15.4. The zero-order valence-corrected chi connectivity index (χ0v) is 10.5. The first kappa shape index (κ1) is 12.9. The summed E-state index contributed by atoms with van der Waals surface area (Å²) in [5.41, 5.74) is 0.200. The molecule has 18 heavy (non-hydrogen) atoms. The Morgan fingerprint density at radius 2 is 2.33 bits per heavy atom. The second kappa shape index (κ2) is 6.39. The molecule has 0 atom stereocenters. The standard InChI is InChI=1S/C12H18N2O4/c1-2-17-11(15)10-8-18-12(14-10)13-7-9-3-5-16-6-4-9/h8-9H,2-7H2,1H3,(H,13,14). The number of nitrogens with zero attached hydrogens (tertiary/aromatic N) is 1. The molecule has 1 N–H and O–H groups in total. The van der Waals surface area contributed by atoms with Crippen molar-refractivity contribution in [3.63, 3.8) is 0 Å². The van der Waals surface area contributed by atoms with Crippen LogP contribution in [-0.2, 0) is 9.47 Å². The topological polar surface area (TPSA) is 73.6 Å². The Kier molecular flexibility index (Phi) is 4.58. The monoisotopic (exact) mass is 254 g/mol. The molecule has 0 saturated carbocycles. The Labute approximate surface area is 106 Å². The molecular weight excluding hydrogens is 236 g/mol. The third-order valence-corrected chi connectivity index (χ3v) is 2.87. The van der Waals surface area contributed by atoms with Crippen LogP contribution >= 0.6 is 0 Å². The highest BCUT2D eigenvalue weighted by atomic mass is 16.5. The number of rotatable bonds is 5. The number of aromatic nitrogens is 1. The second-order valence-corrected chi connectivity index (χ2v) is 4.20. The van der Waals surface area contributed by atoms with Crippen LogP contribution in [0.1, 0.15) is 30.3 Å². The molecule has 0 aromatic carbocycles. The summed E-state index contributed by atoms with van der Waals surface area (Å²) < 4.78 is 15.3. The smallest absolute Gasteiger partial charge is 0.360 e. The summed E-state index contributed by atoms with van der Waals surface area (Å²) in [7, 11) is 0. The SMILES string of the molecule is CCOC(=O)c1coc(NCC2CCOCC2)n1. The van der Waals surface area contributed by atoms with E-state index in [1.165, 1.54) is 6.26 Å². The van der Waals surface area contributed by atoms with Gasteiger partial charge in [0.2, 0.25) is 0 Å². The van der Waals surface area contributed by atoms with E-state index in [-0.39, 0.29) is 5.69 Å². The third kappa shape index (κ3) is 3.46. The summed E-state index contributed by atoms with van der Waals surface area (Å²) in [5, 5.41) is 3.09. The number of hydrogen-bond donors (Lipinski definition) is 1. The van der Waals surface area contributed by atoms with Gasteiger partial charge in [-0.1, -0.05) is 0 Å². The molecule has 100 valence electrons. The largest absolute Gasteiger partial charge is 0.461 e. The minimum atomic E-state index is -0.458. The van der Waals surface area contributed by atoms with Gasteiger partial charge in [0.25, 0.3) is 6.01 Å². The maximum Gasteiger partial charge on any atom is 0.360 e. The predicted molar refractivity (Wildman–Crippen MR) is 64.5 cm³/mol. The highest BCUT2D eigenvalue weighted by molar-refractivity contribution is 5.87. The molecule has 0 spiro atoms.